The molecule has 0 bridgehead atoms. The van der Waals surface area contributed by atoms with Crippen LogP contribution in [0.25, 0.3) is 10.9 Å². The number of quaternary nitrogens is 1. The molecule has 1 aromatic heterocycles. The molecule has 0 radical (unpaired) electrons. The van der Waals surface area contributed by atoms with Crippen LogP contribution in [0.2, 0.25) is 0 Å². The van der Waals surface area contributed by atoms with Crippen LogP contribution in [0.1, 0.15) is 19.8 Å². The summed E-state index contributed by atoms with van der Waals surface area (Å²) in [5, 5.41) is 0.593. The molecule has 0 atom stereocenters. The highest BCUT2D eigenvalue weighted by molar-refractivity contribution is 7.71. The number of aromatic amines is 1. The SMILES string of the molecule is CC1CC[NH+](CCn2c(=S)[nH]c3cc4c(cc3c2=O)OCO4)CC1. The quantitative estimate of drug-likeness (QED) is 0.816. The van der Waals surface area contributed by atoms with E-state index in [0.717, 1.165) is 12.5 Å². The fraction of sp³-hybridized carbons (Fsp3) is 0.529. The minimum absolute atomic E-state index is 0.0585. The molecule has 0 saturated carbocycles. The Morgan fingerprint density at radius 1 is 1.29 bits per heavy atom. The standard InChI is InChI=1S/C17H21N3O3S/c1-11-2-4-19(5-3-11)6-7-20-16(21)12-8-14-15(23-10-22-14)9-13(12)18-17(20)24/h8-9,11H,2-7,10H2,1H3,(H,18,24)/p+1. The number of fused-ring (bicyclic) bond motifs is 2. The van der Waals surface area contributed by atoms with Crippen molar-refractivity contribution in [3.05, 3.63) is 27.3 Å². The van der Waals surface area contributed by atoms with Crippen LogP contribution in [0.5, 0.6) is 11.5 Å². The number of likely N-dealkylation sites (tertiary alicyclic amines) is 1. The average Bonchev–Trinajstić information content (AvgIpc) is 3.02. The van der Waals surface area contributed by atoms with E-state index in [0.29, 0.717) is 33.7 Å². The molecule has 2 aliphatic rings. The van der Waals surface area contributed by atoms with E-state index >= 15 is 0 Å². The van der Waals surface area contributed by atoms with Gasteiger partial charge in [0.05, 0.1) is 37.1 Å². The molecule has 6 nitrogen and oxygen atoms in total. The molecule has 24 heavy (non-hydrogen) atoms. The maximum Gasteiger partial charge on any atom is 0.262 e. The molecule has 2 aliphatic heterocycles. The van der Waals surface area contributed by atoms with Crippen molar-refractivity contribution in [1.82, 2.24) is 9.55 Å². The first kappa shape index (κ1) is 15.7. The molecule has 1 aromatic carbocycles. The number of aromatic nitrogens is 2. The van der Waals surface area contributed by atoms with E-state index in [1.165, 1.54) is 25.9 Å². The number of hydrogen-bond acceptors (Lipinski definition) is 4. The van der Waals surface area contributed by atoms with Gasteiger partial charge >= 0.3 is 0 Å². The van der Waals surface area contributed by atoms with E-state index < -0.39 is 0 Å². The third-order valence-electron chi connectivity index (χ3n) is 5.15. The second-order valence-corrected chi connectivity index (χ2v) is 7.21. The summed E-state index contributed by atoms with van der Waals surface area (Å²) in [6, 6.07) is 3.54. The Morgan fingerprint density at radius 2 is 2.00 bits per heavy atom. The van der Waals surface area contributed by atoms with Crippen molar-refractivity contribution < 1.29 is 14.4 Å². The molecule has 0 spiro atoms. The van der Waals surface area contributed by atoms with E-state index in [1.807, 2.05) is 0 Å². The zero-order valence-electron chi connectivity index (χ0n) is 13.8. The van der Waals surface area contributed by atoms with Crippen molar-refractivity contribution in [1.29, 1.82) is 0 Å². The topological polar surface area (TPSA) is 60.7 Å². The third kappa shape index (κ3) is 2.82. The Kier molecular flexibility index (Phi) is 4.05. The van der Waals surface area contributed by atoms with Crippen molar-refractivity contribution in [3.8, 4) is 11.5 Å². The van der Waals surface area contributed by atoms with Crippen LogP contribution in [0, 0.1) is 10.7 Å². The summed E-state index contributed by atoms with van der Waals surface area (Å²) in [5.41, 5.74) is 0.640. The van der Waals surface area contributed by atoms with Crippen LogP contribution in [0.15, 0.2) is 16.9 Å². The fourth-order valence-electron chi connectivity index (χ4n) is 3.54. The monoisotopic (exact) mass is 348 g/mol. The molecule has 0 aliphatic carbocycles. The Bertz CT molecular complexity index is 881. The Labute approximate surface area is 145 Å². The minimum atomic E-state index is -0.0585. The van der Waals surface area contributed by atoms with Crippen LogP contribution >= 0.6 is 12.2 Å². The van der Waals surface area contributed by atoms with E-state index in [-0.39, 0.29) is 12.4 Å². The van der Waals surface area contributed by atoms with Gasteiger partial charge in [-0.05, 0) is 37.0 Å². The van der Waals surface area contributed by atoms with Crippen molar-refractivity contribution >= 4 is 23.1 Å². The molecule has 0 amide bonds. The zero-order chi connectivity index (χ0) is 16.7. The van der Waals surface area contributed by atoms with Gasteiger partial charge in [-0.1, -0.05) is 6.92 Å². The van der Waals surface area contributed by atoms with Crippen molar-refractivity contribution in [2.45, 2.75) is 26.3 Å². The maximum atomic E-state index is 12.8. The second kappa shape index (κ2) is 6.22. The number of rotatable bonds is 3. The number of hydrogen-bond donors (Lipinski definition) is 2. The molecule has 7 heteroatoms. The first-order valence-electron chi connectivity index (χ1n) is 8.52. The lowest BCUT2D eigenvalue weighted by atomic mass is 9.99. The highest BCUT2D eigenvalue weighted by Gasteiger charge is 2.20. The first-order valence-corrected chi connectivity index (χ1v) is 8.92. The third-order valence-corrected chi connectivity index (χ3v) is 5.47. The molecule has 1 saturated heterocycles. The average molecular weight is 348 g/mol. The van der Waals surface area contributed by atoms with Gasteiger partial charge in [-0.3, -0.25) is 9.36 Å². The summed E-state index contributed by atoms with van der Waals surface area (Å²) in [4.78, 5) is 17.6. The van der Waals surface area contributed by atoms with Gasteiger partial charge in [-0.15, -0.1) is 0 Å². The summed E-state index contributed by atoms with van der Waals surface area (Å²) in [5.74, 6) is 2.09. The summed E-state index contributed by atoms with van der Waals surface area (Å²) in [6.45, 7) is 6.43. The lowest BCUT2D eigenvalue weighted by molar-refractivity contribution is -0.906. The van der Waals surface area contributed by atoms with Crippen molar-refractivity contribution in [3.63, 3.8) is 0 Å². The Balaban J connectivity index is 1.62. The molecular weight excluding hydrogens is 326 g/mol. The summed E-state index contributed by atoms with van der Waals surface area (Å²) < 4.78 is 12.9. The van der Waals surface area contributed by atoms with E-state index in [9.17, 15) is 4.79 Å². The van der Waals surface area contributed by atoms with Crippen LogP contribution in [-0.4, -0.2) is 36.0 Å². The van der Waals surface area contributed by atoms with Gasteiger partial charge < -0.3 is 19.4 Å². The molecule has 3 heterocycles. The Morgan fingerprint density at radius 3 is 2.75 bits per heavy atom. The van der Waals surface area contributed by atoms with E-state index in [2.05, 4.69) is 11.9 Å². The van der Waals surface area contributed by atoms with Gasteiger partial charge in [0.25, 0.3) is 5.56 Å². The summed E-state index contributed by atoms with van der Waals surface area (Å²) >= 11 is 5.41. The van der Waals surface area contributed by atoms with Gasteiger partial charge in [0.15, 0.2) is 16.3 Å². The Hall–Kier alpha value is -1.86. The van der Waals surface area contributed by atoms with Gasteiger partial charge in [0, 0.05) is 6.07 Å². The predicted molar refractivity (Wildman–Crippen MR) is 93.5 cm³/mol. The van der Waals surface area contributed by atoms with E-state index in [4.69, 9.17) is 21.7 Å². The number of H-pyrrole nitrogens is 1. The summed E-state index contributed by atoms with van der Waals surface area (Å²) in [6.07, 6.45) is 2.52. The maximum absolute atomic E-state index is 12.8. The highest BCUT2D eigenvalue weighted by atomic mass is 32.1. The number of piperidine rings is 1. The van der Waals surface area contributed by atoms with Gasteiger partial charge in [0.1, 0.15) is 0 Å². The van der Waals surface area contributed by atoms with Crippen LogP contribution in [0.3, 0.4) is 0 Å². The van der Waals surface area contributed by atoms with Crippen LogP contribution < -0.4 is 19.9 Å². The largest absolute Gasteiger partial charge is 0.454 e. The first-order chi connectivity index (χ1) is 11.6. The molecule has 4 rings (SSSR count). The smallest absolute Gasteiger partial charge is 0.262 e. The fourth-order valence-corrected chi connectivity index (χ4v) is 3.82. The lowest BCUT2D eigenvalue weighted by Gasteiger charge is -2.27. The van der Waals surface area contributed by atoms with Crippen LogP contribution in [-0.2, 0) is 6.54 Å². The molecule has 2 N–H and O–H groups in total. The molecule has 2 aromatic rings. The summed E-state index contributed by atoms with van der Waals surface area (Å²) in [7, 11) is 0. The van der Waals surface area contributed by atoms with Gasteiger partial charge in [-0.2, -0.15) is 0 Å². The van der Waals surface area contributed by atoms with Gasteiger partial charge in [-0.25, -0.2) is 0 Å². The minimum Gasteiger partial charge on any atom is -0.454 e. The number of benzene rings is 1. The lowest BCUT2D eigenvalue weighted by Crippen LogP contribution is -3.13. The highest BCUT2D eigenvalue weighted by Crippen LogP contribution is 2.34. The number of ether oxygens (including phenoxy) is 2. The molecule has 128 valence electrons. The van der Waals surface area contributed by atoms with Crippen molar-refractivity contribution in [2.75, 3.05) is 26.4 Å². The van der Waals surface area contributed by atoms with Gasteiger partial charge in [0.2, 0.25) is 6.79 Å². The van der Waals surface area contributed by atoms with Crippen LogP contribution in [0.4, 0.5) is 0 Å². The zero-order valence-corrected chi connectivity index (χ0v) is 14.6. The second-order valence-electron chi connectivity index (χ2n) is 6.82. The molecule has 0 unspecified atom stereocenters. The number of nitrogens with one attached hydrogen (secondary N) is 2. The molecular formula is C17H22N3O3S+. The van der Waals surface area contributed by atoms with Crippen molar-refractivity contribution in [2.24, 2.45) is 5.92 Å². The normalized spacial score (nSPS) is 22.9. The number of nitrogens with zero attached hydrogens (tertiary/aromatic N) is 1. The van der Waals surface area contributed by atoms with E-state index in [1.54, 1.807) is 21.6 Å². The predicted octanol–water partition coefficient (Wildman–Crippen LogP) is 1.10. The molecule has 1 fully saturated rings.